The van der Waals surface area contributed by atoms with E-state index in [1.54, 1.807) is 27.7 Å². The minimum Gasteiger partial charge on any atom is -0.372 e. The van der Waals surface area contributed by atoms with Crippen LogP contribution in [0.25, 0.3) is 21.7 Å². The van der Waals surface area contributed by atoms with E-state index in [9.17, 15) is 4.79 Å². The highest BCUT2D eigenvalue weighted by Gasteiger charge is 2.30. The van der Waals surface area contributed by atoms with Crippen LogP contribution < -0.4 is 5.56 Å². The van der Waals surface area contributed by atoms with Gasteiger partial charge in [0.05, 0.1) is 23.8 Å². The van der Waals surface area contributed by atoms with Crippen LogP contribution in [0, 0.1) is 18.8 Å². The van der Waals surface area contributed by atoms with E-state index >= 15 is 0 Å². The van der Waals surface area contributed by atoms with Crippen molar-refractivity contribution in [3.63, 3.8) is 0 Å². The minimum absolute atomic E-state index is 0.0191. The molecule has 0 spiro atoms. The first-order chi connectivity index (χ1) is 15.8. The van der Waals surface area contributed by atoms with Crippen molar-refractivity contribution in [1.82, 2.24) is 19.2 Å². The molecule has 0 fully saturated rings. The molecule has 0 aliphatic carbocycles. The molecular weight excluding hydrogens is 452 g/mol. The van der Waals surface area contributed by atoms with Gasteiger partial charge in [-0.3, -0.25) is 4.79 Å². The van der Waals surface area contributed by atoms with E-state index in [0.717, 1.165) is 55.7 Å². The Kier molecular flexibility index (Phi) is 6.09. The predicted octanol–water partition coefficient (Wildman–Crippen LogP) is 5.64. The molecule has 5 rings (SSSR count). The van der Waals surface area contributed by atoms with Gasteiger partial charge in [-0.1, -0.05) is 57.2 Å². The minimum atomic E-state index is -0.0191. The quantitative estimate of drug-likeness (QED) is 0.333. The van der Waals surface area contributed by atoms with Crippen molar-refractivity contribution >= 4 is 39.1 Å². The van der Waals surface area contributed by atoms with Crippen molar-refractivity contribution in [2.24, 2.45) is 11.8 Å². The Balaban J connectivity index is 1.77. The lowest BCUT2D eigenvalue weighted by Gasteiger charge is -2.26. The fraction of sp³-hybridized carbons (Fsp3) is 0.480. The maximum absolute atomic E-state index is 14.0. The number of thiophene rings is 1. The maximum atomic E-state index is 14.0. The predicted molar refractivity (Wildman–Crippen MR) is 136 cm³/mol. The number of ether oxygens (including phenoxy) is 1. The summed E-state index contributed by atoms with van der Waals surface area (Å²) in [6, 6.07) is 8.04. The molecule has 0 saturated carbocycles. The number of benzene rings is 1. The molecule has 8 heteroatoms. The summed E-state index contributed by atoms with van der Waals surface area (Å²) < 4.78 is 9.96. The number of hydrogen-bond acceptors (Lipinski definition) is 6. The van der Waals surface area contributed by atoms with Crippen LogP contribution in [0.4, 0.5) is 0 Å². The lowest BCUT2D eigenvalue weighted by atomic mass is 9.96. The van der Waals surface area contributed by atoms with Crippen LogP contribution in [-0.2, 0) is 17.8 Å². The smallest absolute Gasteiger partial charge is 0.268 e. The zero-order valence-electron chi connectivity index (χ0n) is 19.8. The Labute approximate surface area is 202 Å². The number of nitrogens with zero attached hydrogens (tertiary/aromatic N) is 4. The molecule has 1 aliphatic heterocycles. The Bertz CT molecular complexity index is 1370. The molecule has 1 aromatic carbocycles. The lowest BCUT2D eigenvalue weighted by molar-refractivity contribution is 0.00200. The topological polar surface area (TPSA) is 61.4 Å². The van der Waals surface area contributed by atoms with Crippen molar-refractivity contribution in [2.45, 2.75) is 65.3 Å². The largest absolute Gasteiger partial charge is 0.372 e. The van der Waals surface area contributed by atoms with Crippen molar-refractivity contribution < 1.29 is 4.74 Å². The van der Waals surface area contributed by atoms with E-state index < -0.39 is 0 Å². The highest BCUT2D eigenvalue weighted by molar-refractivity contribution is 7.99. The molecule has 0 unspecified atom stereocenters. The number of aryl methyl sites for hydroxylation is 1. The fourth-order valence-electron chi connectivity index (χ4n) is 4.27. The van der Waals surface area contributed by atoms with Gasteiger partial charge in [-0.25, -0.2) is 8.97 Å². The summed E-state index contributed by atoms with van der Waals surface area (Å²) in [6.45, 7) is 11.4. The van der Waals surface area contributed by atoms with Gasteiger partial charge in [-0.05, 0) is 42.9 Å². The van der Waals surface area contributed by atoms with Gasteiger partial charge in [0.2, 0.25) is 5.78 Å². The third-order valence-electron chi connectivity index (χ3n) is 6.30. The van der Waals surface area contributed by atoms with Crippen LogP contribution in [0.15, 0.2) is 34.2 Å². The second-order valence-corrected chi connectivity index (χ2v) is 11.8. The van der Waals surface area contributed by atoms with Gasteiger partial charge in [-0.15, -0.1) is 21.5 Å². The zero-order chi connectivity index (χ0) is 23.3. The summed E-state index contributed by atoms with van der Waals surface area (Å²) >= 11 is 3.37. The molecule has 0 amide bonds. The molecule has 0 bridgehead atoms. The van der Waals surface area contributed by atoms with E-state index in [0.29, 0.717) is 24.2 Å². The standard InChI is InChI=1S/C25H30N4O2S2/c1-14(2)10-11-32-25-27-26-24-28(17-8-6-16(5)7-9-17)22(30)21-18-12-19(15(3)4)31-13-20(18)33-23(21)29(24)25/h6-9,14-15,19H,10-13H2,1-5H3/t19-/m0/s1. The van der Waals surface area contributed by atoms with Gasteiger partial charge in [0.1, 0.15) is 4.83 Å². The van der Waals surface area contributed by atoms with Gasteiger partial charge < -0.3 is 4.74 Å². The molecule has 0 N–H and O–H groups in total. The van der Waals surface area contributed by atoms with Crippen LogP contribution in [-0.4, -0.2) is 31.0 Å². The fourth-order valence-corrected chi connectivity index (χ4v) is 6.74. The lowest BCUT2D eigenvalue weighted by Crippen LogP contribution is -2.28. The molecule has 0 radical (unpaired) electrons. The Morgan fingerprint density at radius 2 is 1.94 bits per heavy atom. The molecule has 6 nitrogen and oxygen atoms in total. The highest BCUT2D eigenvalue weighted by atomic mass is 32.2. The molecule has 1 aliphatic rings. The average molecular weight is 483 g/mol. The van der Waals surface area contributed by atoms with Gasteiger partial charge in [-0.2, -0.15) is 0 Å². The molecule has 4 aromatic rings. The molecular formula is C25H30N4O2S2. The second-order valence-electron chi connectivity index (χ2n) is 9.61. The van der Waals surface area contributed by atoms with Crippen LogP contribution >= 0.6 is 23.1 Å². The molecule has 0 saturated heterocycles. The number of thioether (sulfide) groups is 1. The normalized spacial score (nSPS) is 16.4. The van der Waals surface area contributed by atoms with Crippen LogP contribution in [0.5, 0.6) is 0 Å². The Hall–Kier alpha value is -2.16. The van der Waals surface area contributed by atoms with E-state index in [1.165, 1.54) is 0 Å². The van der Waals surface area contributed by atoms with Crippen LogP contribution in [0.3, 0.4) is 0 Å². The Morgan fingerprint density at radius 3 is 2.64 bits per heavy atom. The summed E-state index contributed by atoms with van der Waals surface area (Å²) in [7, 11) is 0. The van der Waals surface area contributed by atoms with Gasteiger partial charge >= 0.3 is 0 Å². The van der Waals surface area contributed by atoms with Gasteiger partial charge in [0, 0.05) is 17.1 Å². The third kappa shape index (κ3) is 4.02. The average Bonchev–Trinajstić information content (AvgIpc) is 3.36. The second kappa shape index (κ2) is 8.89. The summed E-state index contributed by atoms with van der Waals surface area (Å²) in [6.07, 6.45) is 1.99. The van der Waals surface area contributed by atoms with Gasteiger partial charge in [0.25, 0.3) is 5.56 Å². The molecule has 4 heterocycles. The van der Waals surface area contributed by atoms with Gasteiger partial charge in [0.15, 0.2) is 5.16 Å². The number of aromatic nitrogens is 4. The molecule has 1 atom stereocenters. The van der Waals surface area contributed by atoms with Crippen molar-refractivity contribution in [3.8, 4) is 5.69 Å². The van der Waals surface area contributed by atoms with Crippen LogP contribution in [0.2, 0.25) is 0 Å². The maximum Gasteiger partial charge on any atom is 0.268 e. The monoisotopic (exact) mass is 482 g/mol. The van der Waals surface area contributed by atoms with E-state index in [1.807, 2.05) is 31.2 Å². The van der Waals surface area contributed by atoms with Crippen molar-refractivity contribution in [1.29, 1.82) is 0 Å². The molecule has 174 valence electrons. The Morgan fingerprint density at radius 1 is 1.18 bits per heavy atom. The van der Waals surface area contributed by atoms with Crippen LogP contribution in [0.1, 0.15) is 50.1 Å². The highest BCUT2D eigenvalue weighted by Crippen LogP contribution is 2.37. The first-order valence-electron chi connectivity index (χ1n) is 11.6. The zero-order valence-corrected chi connectivity index (χ0v) is 21.4. The van der Waals surface area contributed by atoms with E-state index in [-0.39, 0.29) is 11.7 Å². The summed E-state index contributed by atoms with van der Waals surface area (Å²) in [5.41, 5.74) is 3.09. The third-order valence-corrected chi connectivity index (χ3v) is 8.46. The summed E-state index contributed by atoms with van der Waals surface area (Å²) in [5, 5.41) is 10.7. The number of rotatable bonds is 6. The molecule has 33 heavy (non-hydrogen) atoms. The summed E-state index contributed by atoms with van der Waals surface area (Å²) in [4.78, 5) is 16.1. The SMILES string of the molecule is Cc1ccc(-n2c(=O)c3c4c(sc3n3c(SCCC(C)C)nnc23)CO[C@H](C(C)C)C4)cc1. The summed E-state index contributed by atoms with van der Waals surface area (Å²) in [5.74, 6) is 2.56. The van der Waals surface area contributed by atoms with Crippen molar-refractivity contribution in [3.05, 3.63) is 50.6 Å². The first kappa shape index (κ1) is 22.6. The first-order valence-corrected chi connectivity index (χ1v) is 13.4. The van der Waals surface area contributed by atoms with E-state index in [2.05, 4.69) is 42.3 Å². The number of hydrogen-bond donors (Lipinski definition) is 0. The van der Waals surface area contributed by atoms with Crippen molar-refractivity contribution in [2.75, 3.05) is 5.75 Å². The molecule has 3 aromatic heterocycles. The van der Waals surface area contributed by atoms with E-state index in [4.69, 9.17) is 4.74 Å². The number of fused-ring (bicyclic) bond motifs is 5.